The van der Waals surface area contributed by atoms with Crippen LogP contribution in [0.5, 0.6) is 0 Å². The Balaban J connectivity index is 2.30. The molecule has 0 bridgehead atoms. The van der Waals surface area contributed by atoms with Gasteiger partial charge in [0.15, 0.2) is 5.58 Å². The first-order valence-electron chi connectivity index (χ1n) is 5.09. The fraction of sp³-hybridized carbons (Fsp3) is 0.182. The Bertz CT molecular complexity index is 655. The summed E-state index contributed by atoms with van der Waals surface area (Å²) in [6.07, 6.45) is 0. The Labute approximate surface area is 101 Å². The molecule has 0 radical (unpaired) electrons. The summed E-state index contributed by atoms with van der Waals surface area (Å²) in [5, 5.41) is 2.26. The van der Waals surface area contributed by atoms with Crippen molar-refractivity contribution in [2.45, 2.75) is 0 Å². The van der Waals surface area contributed by atoms with Crippen LogP contribution in [0.4, 0.5) is 4.79 Å². The number of amides is 1. The number of fused-ring (bicyclic) bond motifs is 1. The topological polar surface area (TPSA) is 90.5 Å². The number of oxazole rings is 1. The fourth-order valence-corrected chi connectivity index (χ4v) is 1.46. The molecule has 0 aliphatic carbocycles. The zero-order valence-electron chi connectivity index (χ0n) is 9.50. The van der Waals surface area contributed by atoms with Crippen LogP contribution in [0.25, 0.3) is 11.1 Å². The van der Waals surface area contributed by atoms with Crippen molar-refractivity contribution in [2.75, 3.05) is 13.7 Å². The quantitative estimate of drug-likeness (QED) is 0.775. The Morgan fingerprint density at radius 1 is 1.39 bits per heavy atom. The summed E-state index contributed by atoms with van der Waals surface area (Å²) in [6, 6.07) is 5.75. The van der Waals surface area contributed by atoms with Gasteiger partial charge in [0, 0.05) is 0 Å². The number of hydrogen-bond donors (Lipinski definition) is 1. The number of hydrogen-bond acceptors (Lipinski definition) is 5. The third kappa shape index (κ3) is 2.10. The Hall–Kier alpha value is -2.57. The third-order valence-electron chi connectivity index (χ3n) is 2.30. The molecule has 1 N–H and O–H groups in total. The van der Waals surface area contributed by atoms with Gasteiger partial charge in [0.05, 0.1) is 12.6 Å². The maximum atomic E-state index is 11.7. The van der Waals surface area contributed by atoms with E-state index in [9.17, 15) is 14.4 Å². The minimum atomic E-state index is -0.807. The van der Waals surface area contributed by atoms with E-state index in [-0.39, 0.29) is 6.54 Å². The van der Waals surface area contributed by atoms with E-state index in [2.05, 4.69) is 10.1 Å². The number of esters is 1. The second-order valence-electron chi connectivity index (χ2n) is 3.41. The van der Waals surface area contributed by atoms with Crippen molar-refractivity contribution >= 4 is 23.1 Å². The van der Waals surface area contributed by atoms with Gasteiger partial charge in [-0.2, -0.15) is 4.57 Å². The highest BCUT2D eigenvalue weighted by atomic mass is 16.5. The number of methoxy groups -OCH3 is 1. The molecular weight excluding hydrogens is 240 g/mol. The van der Waals surface area contributed by atoms with Crippen LogP contribution in [0, 0.1) is 0 Å². The molecule has 7 heteroatoms. The van der Waals surface area contributed by atoms with Crippen molar-refractivity contribution in [1.29, 1.82) is 0 Å². The highest BCUT2D eigenvalue weighted by Gasteiger charge is 2.15. The number of carbonyl (C=O) groups excluding carboxylic acids is 2. The lowest BCUT2D eigenvalue weighted by Gasteiger charge is -2.03. The summed E-state index contributed by atoms with van der Waals surface area (Å²) in [7, 11) is 1.20. The van der Waals surface area contributed by atoms with E-state index in [1.807, 2.05) is 0 Å². The van der Waals surface area contributed by atoms with E-state index < -0.39 is 17.8 Å². The first kappa shape index (κ1) is 11.9. The summed E-state index contributed by atoms with van der Waals surface area (Å²) < 4.78 is 10.1. The van der Waals surface area contributed by atoms with Crippen LogP contribution in [0.3, 0.4) is 0 Å². The molecule has 1 amide bonds. The molecule has 7 nitrogen and oxygen atoms in total. The second-order valence-corrected chi connectivity index (χ2v) is 3.41. The standard InChI is InChI=1S/C11H10N2O5/c1-17-9(14)6-12-10(15)13-7-4-2-3-5-8(7)18-11(13)16/h2-5H,6H2,1H3,(H,12,15). The van der Waals surface area contributed by atoms with Gasteiger partial charge in [-0.3, -0.25) is 4.79 Å². The lowest BCUT2D eigenvalue weighted by molar-refractivity contribution is -0.139. The van der Waals surface area contributed by atoms with E-state index in [1.165, 1.54) is 7.11 Å². The first-order chi connectivity index (χ1) is 8.63. The largest absolute Gasteiger partial charge is 0.468 e. The summed E-state index contributed by atoms with van der Waals surface area (Å²) in [4.78, 5) is 34.1. The first-order valence-corrected chi connectivity index (χ1v) is 5.09. The summed E-state index contributed by atoms with van der Waals surface area (Å²) in [6.45, 7) is -0.318. The van der Waals surface area contributed by atoms with E-state index >= 15 is 0 Å². The lowest BCUT2D eigenvalue weighted by Crippen LogP contribution is -2.37. The zero-order chi connectivity index (χ0) is 13.1. The molecule has 1 aromatic heterocycles. The summed E-state index contributed by atoms with van der Waals surface area (Å²) in [5.74, 6) is -1.41. The molecule has 0 saturated carbocycles. The molecule has 0 aliphatic rings. The van der Waals surface area contributed by atoms with Gasteiger partial charge in [0.25, 0.3) is 0 Å². The molecule has 0 spiro atoms. The number of nitrogens with one attached hydrogen (secondary N) is 1. The number of para-hydroxylation sites is 2. The van der Waals surface area contributed by atoms with E-state index in [1.54, 1.807) is 24.3 Å². The Morgan fingerprint density at radius 3 is 2.83 bits per heavy atom. The maximum Gasteiger partial charge on any atom is 0.428 e. The molecule has 2 aromatic rings. The molecule has 0 saturated heterocycles. The maximum absolute atomic E-state index is 11.7. The SMILES string of the molecule is COC(=O)CNC(=O)n1c(=O)oc2ccccc21. The van der Waals surface area contributed by atoms with Crippen LogP contribution in [0.2, 0.25) is 0 Å². The predicted molar refractivity (Wildman–Crippen MR) is 61.3 cm³/mol. The van der Waals surface area contributed by atoms with Crippen LogP contribution >= 0.6 is 0 Å². The minimum Gasteiger partial charge on any atom is -0.468 e. The summed E-state index contributed by atoms with van der Waals surface area (Å²) >= 11 is 0. The number of aromatic nitrogens is 1. The second kappa shape index (κ2) is 4.74. The van der Waals surface area contributed by atoms with Crippen LogP contribution in [-0.2, 0) is 9.53 Å². The number of carbonyl (C=O) groups is 2. The smallest absolute Gasteiger partial charge is 0.428 e. The van der Waals surface area contributed by atoms with Crippen molar-refractivity contribution < 1.29 is 18.7 Å². The number of rotatable bonds is 2. The van der Waals surface area contributed by atoms with Crippen LogP contribution < -0.4 is 11.1 Å². The highest BCUT2D eigenvalue weighted by Crippen LogP contribution is 2.10. The van der Waals surface area contributed by atoms with Crippen molar-refractivity contribution in [2.24, 2.45) is 0 Å². The molecule has 0 aliphatic heterocycles. The van der Waals surface area contributed by atoms with Gasteiger partial charge in [-0.25, -0.2) is 9.59 Å². The average molecular weight is 250 g/mol. The van der Waals surface area contributed by atoms with Crippen molar-refractivity contribution in [3.8, 4) is 0 Å². The molecule has 0 fully saturated rings. The van der Waals surface area contributed by atoms with Crippen molar-refractivity contribution in [3.05, 3.63) is 34.8 Å². The molecule has 1 heterocycles. The molecule has 0 atom stereocenters. The predicted octanol–water partition coefficient (Wildman–Crippen LogP) is 0.325. The van der Waals surface area contributed by atoms with Crippen LogP contribution in [0.15, 0.2) is 33.5 Å². The van der Waals surface area contributed by atoms with Gasteiger partial charge in [0.2, 0.25) is 0 Å². The van der Waals surface area contributed by atoms with E-state index in [0.29, 0.717) is 11.1 Å². The van der Waals surface area contributed by atoms with E-state index in [0.717, 1.165) is 4.57 Å². The van der Waals surface area contributed by atoms with Gasteiger partial charge < -0.3 is 14.5 Å². The Kier molecular flexibility index (Phi) is 3.13. The molecule has 94 valence electrons. The van der Waals surface area contributed by atoms with Crippen molar-refractivity contribution in [3.63, 3.8) is 0 Å². The number of benzene rings is 1. The Morgan fingerprint density at radius 2 is 2.11 bits per heavy atom. The third-order valence-corrected chi connectivity index (χ3v) is 2.30. The van der Waals surface area contributed by atoms with Gasteiger partial charge in [0.1, 0.15) is 6.54 Å². The van der Waals surface area contributed by atoms with Gasteiger partial charge in [-0.05, 0) is 12.1 Å². The van der Waals surface area contributed by atoms with Crippen LogP contribution in [0.1, 0.15) is 0 Å². The molecular formula is C11H10N2O5. The van der Waals surface area contributed by atoms with E-state index in [4.69, 9.17) is 4.42 Å². The molecule has 0 unspecified atom stereocenters. The van der Waals surface area contributed by atoms with Gasteiger partial charge in [-0.15, -0.1) is 0 Å². The molecule has 18 heavy (non-hydrogen) atoms. The fourth-order valence-electron chi connectivity index (χ4n) is 1.46. The number of ether oxygens (including phenoxy) is 1. The van der Waals surface area contributed by atoms with Crippen molar-refractivity contribution in [1.82, 2.24) is 9.88 Å². The monoisotopic (exact) mass is 250 g/mol. The highest BCUT2D eigenvalue weighted by molar-refractivity contribution is 5.89. The molecule has 2 rings (SSSR count). The minimum absolute atomic E-state index is 0.302. The number of nitrogens with zero attached hydrogens (tertiary/aromatic N) is 1. The zero-order valence-corrected chi connectivity index (χ0v) is 9.50. The normalized spacial score (nSPS) is 10.3. The molecule has 1 aromatic carbocycles. The summed E-state index contributed by atoms with van der Waals surface area (Å²) in [5.41, 5.74) is 0.639. The average Bonchev–Trinajstić information content (AvgIpc) is 2.71. The van der Waals surface area contributed by atoms with Crippen LogP contribution in [-0.4, -0.2) is 30.2 Å². The van der Waals surface area contributed by atoms with Gasteiger partial charge in [-0.1, -0.05) is 12.1 Å². The van der Waals surface area contributed by atoms with Gasteiger partial charge >= 0.3 is 17.8 Å². The lowest BCUT2D eigenvalue weighted by atomic mass is 10.3.